The Morgan fingerprint density at radius 1 is 0.800 bits per heavy atom. The highest BCUT2D eigenvalue weighted by atomic mass is 35.5. The van der Waals surface area contributed by atoms with Gasteiger partial charge in [-0.3, -0.25) is 0 Å². The van der Waals surface area contributed by atoms with Crippen LogP contribution in [0.2, 0.25) is 18.1 Å². The number of ether oxygens (including phenoxy) is 1. The Labute approximate surface area is 180 Å². The van der Waals surface area contributed by atoms with Crippen molar-refractivity contribution in [1.82, 2.24) is 0 Å². The number of hydrogen-bond acceptors (Lipinski definition) is 1. The van der Waals surface area contributed by atoms with Gasteiger partial charge >= 0.3 is 0 Å². The van der Waals surface area contributed by atoms with Crippen molar-refractivity contribution in [2.75, 3.05) is 0 Å². The van der Waals surface area contributed by atoms with Crippen molar-refractivity contribution in [3.63, 3.8) is 0 Å². The molecule has 0 aliphatic rings. The van der Waals surface area contributed by atoms with E-state index < -0.39 is 26.0 Å². The number of halogens is 4. The maximum Gasteiger partial charge on any atom is 0.151 e. The van der Waals surface area contributed by atoms with E-state index in [-0.39, 0.29) is 6.42 Å². The zero-order valence-corrected chi connectivity index (χ0v) is 18.5. The van der Waals surface area contributed by atoms with Crippen LogP contribution in [0.25, 0.3) is 0 Å². The lowest BCUT2D eigenvalue weighted by atomic mass is 10.1. The maximum atomic E-state index is 15.0. The molecule has 0 aromatic heterocycles. The Morgan fingerprint density at radius 2 is 1.30 bits per heavy atom. The van der Waals surface area contributed by atoms with Gasteiger partial charge in [-0.2, -0.15) is 0 Å². The molecule has 6 heteroatoms. The Balaban J connectivity index is 1.72. The van der Waals surface area contributed by atoms with E-state index in [2.05, 4.69) is 0 Å². The highest BCUT2D eigenvalue weighted by Gasteiger charge is 2.32. The summed E-state index contributed by atoms with van der Waals surface area (Å²) in [6.45, 7) is 2.91. The quantitative estimate of drug-likeness (QED) is 0.342. The molecule has 0 bridgehead atoms. The number of allylic oxidation sites excluding steroid dienone is 1. The molecule has 3 aromatic rings. The fourth-order valence-corrected chi connectivity index (χ4v) is 5.19. The van der Waals surface area contributed by atoms with Crippen LogP contribution in [0.1, 0.15) is 11.1 Å². The first-order chi connectivity index (χ1) is 14.3. The van der Waals surface area contributed by atoms with Crippen molar-refractivity contribution < 1.29 is 17.9 Å². The first-order valence-electron chi connectivity index (χ1n) is 9.52. The van der Waals surface area contributed by atoms with Gasteiger partial charge < -0.3 is 4.74 Å². The number of rotatable bonds is 7. The minimum atomic E-state index is -2.82. The first-order valence-corrected chi connectivity index (χ1v) is 12.9. The molecule has 0 unspecified atom stereocenters. The molecule has 0 saturated heterocycles. The molecular formula is C24H22ClF3OSi. The van der Waals surface area contributed by atoms with E-state index in [9.17, 15) is 13.2 Å². The molecule has 0 saturated carbocycles. The lowest BCUT2D eigenvalue weighted by Crippen LogP contribution is -2.43. The lowest BCUT2D eigenvalue weighted by molar-refractivity contribution is 0.482. The van der Waals surface area contributed by atoms with Gasteiger partial charge in [0.25, 0.3) is 0 Å². The number of alkyl halides is 1. The summed E-state index contributed by atoms with van der Waals surface area (Å²) in [7, 11) is -2.82. The first kappa shape index (κ1) is 22.2. The fourth-order valence-electron chi connectivity index (χ4n) is 3.05. The van der Waals surface area contributed by atoms with Crippen LogP contribution in [0.5, 0.6) is 11.5 Å². The molecular weight excluding hydrogens is 425 g/mol. The van der Waals surface area contributed by atoms with E-state index in [0.717, 1.165) is 5.19 Å². The van der Waals surface area contributed by atoms with Crippen LogP contribution in [-0.4, -0.2) is 8.07 Å². The van der Waals surface area contributed by atoms with E-state index in [1.54, 1.807) is 85.9 Å². The minimum absolute atomic E-state index is 0.133. The van der Waals surface area contributed by atoms with Crippen molar-refractivity contribution in [2.24, 2.45) is 0 Å². The highest BCUT2D eigenvalue weighted by Crippen LogP contribution is 2.27. The molecule has 0 amide bonds. The Kier molecular flexibility index (Phi) is 7.05. The van der Waals surface area contributed by atoms with Gasteiger partial charge in [0.2, 0.25) is 0 Å². The standard InChI is InChI=1S/C24H22ClF3OSi/c1-30(2,22-13-5-18(16-26)6-14-22)24(28)23(27)15-17-3-9-20(10-4-17)29-21-11-7-19(25)8-12-21/h3-14H,15-16H2,1-2H3. The Bertz CT molecular complexity index is 1010. The van der Waals surface area contributed by atoms with Crippen LogP contribution >= 0.6 is 11.6 Å². The molecule has 0 heterocycles. The molecule has 0 aliphatic carbocycles. The van der Waals surface area contributed by atoms with Gasteiger partial charge in [0, 0.05) is 11.4 Å². The van der Waals surface area contributed by atoms with Gasteiger partial charge in [-0.25, -0.2) is 13.2 Å². The van der Waals surface area contributed by atoms with Crippen molar-refractivity contribution >= 4 is 24.9 Å². The van der Waals surface area contributed by atoms with Gasteiger partial charge in [-0.05, 0) is 47.5 Å². The van der Waals surface area contributed by atoms with Gasteiger partial charge in [0.15, 0.2) is 8.07 Å². The topological polar surface area (TPSA) is 9.23 Å². The largest absolute Gasteiger partial charge is 0.457 e. The molecule has 0 fully saturated rings. The third-order valence-corrected chi connectivity index (χ3v) is 8.35. The van der Waals surface area contributed by atoms with Crippen LogP contribution < -0.4 is 9.92 Å². The summed E-state index contributed by atoms with van der Waals surface area (Å²) in [5.74, 6) is 0.456. The summed E-state index contributed by atoms with van der Waals surface area (Å²) >= 11 is 5.86. The Hall–Kier alpha value is -2.50. The van der Waals surface area contributed by atoms with Crippen molar-refractivity contribution in [3.05, 3.63) is 100 Å². The van der Waals surface area contributed by atoms with Crippen LogP contribution in [0, 0.1) is 0 Å². The van der Waals surface area contributed by atoms with E-state index in [1.165, 1.54) is 0 Å². The molecule has 0 atom stereocenters. The third kappa shape index (κ3) is 5.35. The van der Waals surface area contributed by atoms with Crippen molar-refractivity contribution in [2.45, 2.75) is 26.2 Å². The summed E-state index contributed by atoms with van der Waals surface area (Å²) in [6.07, 6.45) is -0.133. The molecule has 3 rings (SSSR count). The molecule has 3 aromatic carbocycles. The van der Waals surface area contributed by atoms with Crippen LogP contribution in [0.4, 0.5) is 13.2 Å². The smallest absolute Gasteiger partial charge is 0.151 e. The molecule has 1 nitrogen and oxygen atoms in total. The third-order valence-electron chi connectivity index (χ3n) is 4.95. The van der Waals surface area contributed by atoms with Crippen molar-refractivity contribution in [1.29, 1.82) is 0 Å². The molecule has 30 heavy (non-hydrogen) atoms. The van der Waals surface area contributed by atoms with E-state index >= 15 is 0 Å². The molecule has 0 aliphatic heterocycles. The van der Waals surface area contributed by atoms with Gasteiger partial charge in [-0.1, -0.05) is 66.3 Å². The van der Waals surface area contributed by atoms with Gasteiger partial charge in [-0.15, -0.1) is 0 Å². The summed E-state index contributed by atoms with van der Waals surface area (Å²) in [5, 5.41) is 1.34. The van der Waals surface area contributed by atoms with Crippen molar-refractivity contribution in [3.8, 4) is 11.5 Å². The highest BCUT2D eigenvalue weighted by molar-refractivity contribution is 6.95. The molecule has 0 spiro atoms. The summed E-state index contributed by atoms with van der Waals surface area (Å²) in [6, 6.07) is 20.4. The van der Waals surface area contributed by atoms with Crippen LogP contribution in [0.3, 0.4) is 0 Å². The number of hydrogen-bond donors (Lipinski definition) is 0. The zero-order valence-electron chi connectivity index (χ0n) is 16.8. The Morgan fingerprint density at radius 3 is 1.83 bits per heavy atom. The average Bonchev–Trinajstić information content (AvgIpc) is 2.76. The SMILES string of the molecule is C[Si](C)(C(F)=C(F)Cc1ccc(Oc2ccc(Cl)cc2)cc1)c1ccc(CF)cc1. The van der Waals surface area contributed by atoms with Crippen LogP contribution in [-0.2, 0) is 13.1 Å². The summed E-state index contributed by atoms with van der Waals surface area (Å²) in [4.78, 5) is 0. The van der Waals surface area contributed by atoms with E-state index in [1.807, 2.05) is 0 Å². The molecule has 0 N–H and O–H groups in total. The predicted octanol–water partition coefficient (Wildman–Crippen LogP) is 7.45. The predicted molar refractivity (Wildman–Crippen MR) is 119 cm³/mol. The second-order valence-corrected chi connectivity index (χ2v) is 12.3. The zero-order chi connectivity index (χ0) is 21.7. The van der Waals surface area contributed by atoms with Crippen LogP contribution in [0.15, 0.2) is 84.1 Å². The number of benzene rings is 3. The van der Waals surface area contributed by atoms with Gasteiger partial charge in [0.1, 0.15) is 29.5 Å². The lowest BCUT2D eigenvalue weighted by Gasteiger charge is -2.22. The minimum Gasteiger partial charge on any atom is -0.457 e. The summed E-state index contributed by atoms with van der Waals surface area (Å²) < 4.78 is 48.1. The second kappa shape index (κ2) is 9.54. The van der Waals surface area contributed by atoms with E-state index in [0.29, 0.717) is 27.6 Å². The normalized spacial score (nSPS) is 12.5. The second-order valence-electron chi connectivity index (χ2n) is 7.55. The summed E-state index contributed by atoms with van der Waals surface area (Å²) in [5.41, 5.74) is 0.468. The molecule has 0 radical (unpaired) electrons. The van der Waals surface area contributed by atoms with Gasteiger partial charge in [0.05, 0.1) is 0 Å². The maximum absolute atomic E-state index is 15.0. The van der Waals surface area contributed by atoms with E-state index in [4.69, 9.17) is 16.3 Å². The molecule has 156 valence electrons. The fraction of sp³-hybridized carbons (Fsp3) is 0.167. The average molecular weight is 447 g/mol. The monoisotopic (exact) mass is 446 g/mol.